The van der Waals surface area contributed by atoms with Crippen molar-refractivity contribution in [2.45, 2.75) is 13.0 Å². The van der Waals surface area contributed by atoms with Gasteiger partial charge in [0.05, 0.1) is 5.69 Å². The second kappa shape index (κ2) is 10.0. The molecule has 3 rings (SSSR count). The van der Waals surface area contributed by atoms with Gasteiger partial charge in [-0.1, -0.05) is 23.7 Å². The summed E-state index contributed by atoms with van der Waals surface area (Å²) in [6, 6.07) is 13.6. The predicted octanol–water partition coefficient (Wildman–Crippen LogP) is 4.17. The minimum atomic E-state index is 0.610. The number of nitrogens with zero attached hydrogens (tertiary/aromatic N) is 4. The van der Waals surface area contributed by atoms with Crippen molar-refractivity contribution in [2.24, 2.45) is 0 Å². The summed E-state index contributed by atoms with van der Waals surface area (Å²) in [5.74, 6) is 1.37. The van der Waals surface area contributed by atoms with Crippen LogP contribution in [0.3, 0.4) is 0 Å². The average Bonchev–Trinajstić information content (AvgIpc) is 2.71. The summed E-state index contributed by atoms with van der Waals surface area (Å²) in [6.45, 7) is 2.48. The lowest BCUT2D eigenvalue weighted by atomic mass is 10.2. The molecule has 28 heavy (non-hydrogen) atoms. The Bertz CT molecular complexity index is 868. The van der Waals surface area contributed by atoms with Gasteiger partial charge < -0.3 is 15.5 Å². The van der Waals surface area contributed by atoms with E-state index in [0.717, 1.165) is 47.2 Å². The average molecular weight is 397 g/mol. The van der Waals surface area contributed by atoms with Gasteiger partial charge in [0.25, 0.3) is 0 Å². The van der Waals surface area contributed by atoms with E-state index in [1.807, 2.05) is 42.5 Å². The molecule has 0 amide bonds. The highest BCUT2D eigenvalue weighted by Gasteiger charge is 2.07. The number of anilines is 2. The quantitative estimate of drug-likeness (QED) is 0.529. The third-order valence-electron chi connectivity index (χ3n) is 4.14. The highest BCUT2D eigenvalue weighted by Crippen LogP contribution is 2.21. The van der Waals surface area contributed by atoms with Gasteiger partial charge in [0, 0.05) is 42.1 Å². The smallest absolute Gasteiger partial charge is 0.225 e. The standard InChI is InChI=1S/C21H25ClN6/c1-28(2)12-4-11-24-21-26-19(17-5-3-10-23-15-17)13-20(27-21)25-14-16-6-8-18(22)9-7-16/h3,5-10,13,15H,4,11-12,14H2,1-2H3,(H2,24,25,26,27). The van der Waals surface area contributed by atoms with Crippen LogP contribution in [0.4, 0.5) is 11.8 Å². The van der Waals surface area contributed by atoms with Crippen molar-refractivity contribution in [3.05, 3.63) is 65.4 Å². The molecule has 0 bridgehead atoms. The van der Waals surface area contributed by atoms with Gasteiger partial charge >= 0.3 is 0 Å². The number of benzene rings is 1. The van der Waals surface area contributed by atoms with Crippen LogP contribution < -0.4 is 10.6 Å². The second-order valence-corrected chi connectivity index (χ2v) is 7.20. The van der Waals surface area contributed by atoms with E-state index in [4.69, 9.17) is 11.6 Å². The SMILES string of the molecule is CN(C)CCCNc1nc(NCc2ccc(Cl)cc2)cc(-c2cccnc2)n1. The van der Waals surface area contributed by atoms with Gasteiger partial charge in [-0.15, -0.1) is 0 Å². The molecule has 0 aliphatic carbocycles. The van der Waals surface area contributed by atoms with E-state index in [2.05, 4.69) is 44.6 Å². The molecule has 0 unspecified atom stereocenters. The van der Waals surface area contributed by atoms with E-state index in [9.17, 15) is 0 Å². The monoisotopic (exact) mass is 396 g/mol. The fourth-order valence-corrected chi connectivity index (χ4v) is 2.80. The van der Waals surface area contributed by atoms with Crippen LogP contribution in [0.2, 0.25) is 5.02 Å². The van der Waals surface area contributed by atoms with Crippen molar-refractivity contribution in [2.75, 3.05) is 37.8 Å². The zero-order valence-electron chi connectivity index (χ0n) is 16.2. The van der Waals surface area contributed by atoms with Crippen LogP contribution >= 0.6 is 11.6 Å². The Balaban J connectivity index is 1.75. The topological polar surface area (TPSA) is 66.0 Å². The summed E-state index contributed by atoms with van der Waals surface area (Å²) in [5, 5.41) is 7.44. The Morgan fingerprint density at radius 3 is 2.57 bits per heavy atom. The molecule has 0 radical (unpaired) electrons. The zero-order valence-corrected chi connectivity index (χ0v) is 16.9. The number of halogens is 1. The molecule has 0 fully saturated rings. The van der Waals surface area contributed by atoms with Crippen molar-refractivity contribution in [3.8, 4) is 11.3 Å². The van der Waals surface area contributed by atoms with Gasteiger partial charge in [0.15, 0.2) is 0 Å². The number of aromatic nitrogens is 3. The Hall–Kier alpha value is -2.70. The molecule has 0 aliphatic heterocycles. The molecule has 0 spiro atoms. The van der Waals surface area contributed by atoms with Gasteiger partial charge in [0.2, 0.25) is 5.95 Å². The normalized spacial score (nSPS) is 10.9. The third-order valence-corrected chi connectivity index (χ3v) is 4.39. The van der Waals surface area contributed by atoms with Gasteiger partial charge in [-0.05, 0) is 56.9 Å². The summed E-state index contributed by atoms with van der Waals surface area (Å²) in [6.07, 6.45) is 4.58. The molecule has 0 saturated heterocycles. The molecular formula is C21H25ClN6. The lowest BCUT2D eigenvalue weighted by Crippen LogP contribution is -2.17. The maximum Gasteiger partial charge on any atom is 0.225 e. The fraction of sp³-hybridized carbons (Fsp3) is 0.286. The maximum atomic E-state index is 5.96. The van der Waals surface area contributed by atoms with E-state index in [1.54, 1.807) is 12.4 Å². The summed E-state index contributed by atoms with van der Waals surface area (Å²) in [4.78, 5) is 15.6. The van der Waals surface area contributed by atoms with Gasteiger partial charge in [-0.2, -0.15) is 4.98 Å². The van der Waals surface area contributed by atoms with Crippen LogP contribution in [0.5, 0.6) is 0 Å². The zero-order chi connectivity index (χ0) is 19.8. The lowest BCUT2D eigenvalue weighted by Gasteiger charge is -2.13. The van der Waals surface area contributed by atoms with Crippen LogP contribution in [0, 0.1) is 0 Å². The van der Waals surface area contributed by atoms with E-state index < -0.39 is 0 Å². The van der Waals surface area contributed by atoms with Crippen molar-refractivity contribution in [1.29, 1.82) is 0 Å². The second-order valence-electron chi connectivity index (χ2n) is 6.77. The van der Waals surface area contributed by atoms with Crippen LogP contribution in [0.1, 0.15) is 12.0 Å². The number of hydrogen-bond donors (Lipinski definition) is 2. The molecule has 6 nitrogen and oxygen atoms in total. The Kier molecular flexibility index (Phi) is 7.17. The first-order valence-electron chi connectivity index (χ1n) is 9.26. The maximum absolute atomic E-state index is 5.96. The first-order chi connectivity index (χ1) is 13.6. The summed E-state index contributed by atoms with van der Waals surface area (Å²) in [7, 11) is 4.14. The number of hydrogen-bond acceptors (Lipinski definition) is 6. The molecule has 7 heteroatoms. The third kappa shape index (κ3) is 6.18. The number of rotatable bonds is 9. The Morgan fingerprint density at radius 2 is 1.86 bits per heavy atom. The molecule has 0 saturated carbocycles. The van der Waals surface area contributed by atoms with E-state index >= 15 is 0 Å². The van der Waals surface area contributed by atoms with Crippen LogP contribution in [0.25, 0.3) is 11.3 Å². The molecular weight excluding hydrogens is 372 g/mol. The molecule has 2 N–H and O–H groups in total. The van der Waals surface area contributed by atoms with Crippen LogP contribution in [-0.4, -0.2) is 47.0 Å². The van der Waals surface area contributed by atoms with Crippen molar-refractivity contribution in [1.82, 2.24) is 19.9 Å². The molecule has 0 atom stereocenters. The predicted molar refractivity (Wildman–Crippen MR) is 116 cm³/mol. The molecule has 2 aromatic heterocycles. The molecule has 2 heterocycles. The van der Waals surface area contributed by atoms with Gasteiger partial charge in [-0.3, -0.25) is 4.98 Å². The van der Waals surface area contributed by atoms with Crippen LogP contribution in [0.15, 0.2) is 54.9 Å². The minimum absolute atomic E-state index is 0.610. The van der Waals surface area contributed by atoms with Gasteiger partial charge in [0.1, 0.15) is 5.82 Å². The lowest BCUT2D eigenvalue weighted by molar-refractivity contribution is 0.405. The Labute approximate surface area is 171 Å². The first kappa shape index (κ1) is 20.0. The summed E-state index contributed by atoms with van der Waals surface area (Å²) < 4.78 is 0. The summed E-state index contributed by atoms with van der Waals surface area (Å²) in [5.41, 5.74) is 2.92. The molecule has 1 aromatic carbocycles. The highest BCUT2D eigenvalue weighted by molar-refractivity contribution is 6.30. The van der Waals surface area contributed by atoms with E-state index in [1.165, 1.54) is 0 Å². The summed E-state index contributed by atoms with van der Waals surface area (Å²) >= 11 is 5.96. The molecule has 146 valence electrons. The van der Waals surface area contributed by atoms with E-state index in [-0.39, 0.29) is 0 Å². The molecule has 3 aromatic rings. The van der Waals surface area contributed by atoms with Gasteiger partial charge in [-0.25, -0.2) is 4.98 Å². The van der Waals surface area contributed by atoms with Crippen molar-refractivity contribution in [3.63, 3.8) is 0 Å². The van der Waals surface area contributed by atoms with Crippen molar-refractivity contribution < 1.29 is 0 Å². The molecule has 0 aliphatic rings. The Morgan fingerprint density at radius 1 is 1.04 bits per heavy atom. The minimum Gasteiger partial charge on any atom is -0.366 e. The van der Waals surface area contributed by atoms with Crippen LogP contribution in [-0.2, 0) is 6.54 Å². The largest absolute Gasteiger partial charge is 0.366 e. The highest BCUT2D eigenvalue weighted by atomic mass is 35.5. The first-order valence-corrected chi connectivity index (χ1v) is 9.64. The number of pyridine rings is 1. The fourth-order valence-electron chi connectivity index (χ4n) is 2.67. The number of nitrogens with one attached hydrogen (secondary N) is 2. The van der Waals surface area contributed by atoms with Crippen molar-refractivity contribution >= 4 is 23.4 Å². The van der Waals surface area contributed by atoms with E-state index in [0.29, 0.717) is 12.5 Å².